The number of fused-ring (bicyclic) bond motifs is 1. The van der Waals surface area contributed by atoms with E-state index < -0.39 is 0 Å². The van der Waals surface area contributed by atoms with Crippen molar-refractivity contribution in [2.75, 3.05) is 23.9 Å². The standard InChI is InChI=1S/C19H20N2O3S/c1-13-11-19(23)21(15-8-4-6-10-17(15)25-13)12-18(22)20-14-7-3-5-9-16(14)24-2/h3-10,13H,11-12H2,1-2H3,(H,20,22)/t13-/m0/s1. The predicted octanol–water partition coefficient (Wildman–Crippen LogP) is 3.55. The first-order valence-corrected chi connectivity index (χ1v) is 8.95. The number of hydrogen-bond acceptors (Lipinski definition) is 4. The maximum atomic E-state index is 12.6. The minimum atomic E-state index is -0.257. The number of carbonyl (C=O) groups excluding carboxylic acids is 2. The fraction of sp³-hybridized carbons (Fsp3) is 0.263. The lowest BCUT2D eigenvalue weighted by atomic mass is 10.2. The number of nitrogens with one attached hydrogen (secondary N) is 1. The smallest absolute Gasteiger partial charge is 0.244 e. The molecule has 2 aromatic rings. The third kappa shape index (κ3) is 3.96. The summed E-state index contributed by atoms with van der Waals surface area (Å²) in [5.41, 5.74) is 1.38. The van der Waals surface area contributed by atoms with Gasteiger partial charge in [-0.05, 0) is 24.3 Å². The Balaban J connectivity index is 1.81. The summed E-state index contributed by atoms with van der Waals surface area (Å²) in [4.78, 5) is 27.7. The van der Waals surface area contributed by atoms with Gasteiger partial charge in [0.1, 0.15) is 12.3 Å². The summed E-state index contributed by atoms with van der Waals surface area (Å²) in [6.07, 6.45) is 0.404. The van der Waals surface area contributed by atoms with Crippen LogP contribution in [0, 0.1) is 0 Å². The number of benzene rings is 2. The molecule has 5 nitrogen and oxygen atoms in total. The Bertz CT molecular complexity index is 794. The number of rotatable bonds is 4. The predicted molar refractivity (Wildman–Crippen MR) is 100 cm³/mol. The molecule has 6 heteroatoms. The first-order valence-electron chi connectivity index (χ1n) is 8.07. The van der Waals surface area contributed by atoms with Gasteiger partial charge in [-0.25, -0.2) is 0 Å². The number of hydrogen-bond donors (Lipinski definition) is 1. The molecule has 130 valence electrons. The van der Waals surface area contributed by atoms with Crippen LogP contribution < -0.4 is 15.0 Å². The van der Waals surface area contributed by atoms with E-state index >= 15 is 0 Å². The molecule has 1 heterocycles. The molecule has 1 N–H and O–H groups in total. The zero-order valence-electron chi connectivity index (χ0n) is 14.2. The van der Waals surface area contributed by atoms with Crippen molar-refractivity contribution in [2.24, 2.45) is 0 Å². The number of thioether (sulfide) groups is 1. The number of nitrogens with zero attached hydrogens (tertiary/aromatic N) is 1. The lowest BCUT2D eigenvalue weighted by molar-refractivity contribution is -0.121. The number of para-hydroxylation sites is 3. The van der Waals surface area contributed by atoms with E-state index in [1.54, 1.807) is 35.9 Å². The van der Waals surface area contributed by atoms with Crippen molar-refractivity contribution in [1.29, 1.82) is 0 Å². The normalized spacial score (nSPS) is 16.8. The fourth-order valence-corrected chi connectivity index (χ4v) is 3.90. The second kappa shape index (κ2) is 7.61. The van der Waals surface area contributed by atoms with E-state index in [-0.39, 0.29) is 23.6 Å². The molecule has 0 aliphatic carbocycles. The summed E-state index contributed by atoms with van der Waals surface area (Å²) in [6.45, 7) is 2.00. The summed E-state index contributed by atoms with van der Waals surface area (Å²) in [7, 11) is 1.55. The van der Waals surface area contributed by atoms with Crippen molar-refractivity contribution in [2.45, 2.75) is 23.5 Å². The highest BCUT2D eigenvalue weighted by Crippen LogP contribution is 2.37. The Morgan fingerprint density at radius 1 is 1.24 bits per heavy atom. The molecule has 0 saturated heterocycles. The van der Waals surface area contributed by atoms with Crippen LogP contribution in [0.1, 0.15) is 13.3 Å². The van der Waals surface area contributed by atoms with Crippen LogP contribution in [0.15, 0.2) is 53.4 Å². The van der Waals surface area contributed by atoms with Crippen LogP contribution >= 0.6 is 11.8 Å². The highest BCUT2D eigenvalue weighted by molar-refractivity contribution is 8.00. The van der Waals surface area contributed by atoms with Gasteiger partial charge in [0, 0.05) is 16.6 Å². The minimum absolute atomic E-state index is 0.0266. The second-order valence-electron chi connectivity index (χ2n) is 5.83. The number of methoxy groups -OCH3 is 1. The molecule has 1 aliphatic heterocycles. The summed E-state index contributed by atoms with van der Waals surface area (Å²) in [5, 5.41) is 3.00. The second-order valence-corrected chi connectivity index (χ2v) is 7.31. The molecule has 3 rings (SSSR count). The van der Waals surface area contributed by atoms with E-state index in [0.717, 1.165) is 10.6 Å². The van der Waals surface area contributed by atoms with Crippen molar-refractivity contribution in [3.8, 4) is 5.75 Å². The number of carbonyl (C=O) groups is 2. The molecular formula is C19H20N2O3S. The Kier molecular flexibility index (Phi) is 5.28. The van der Waals surface area contributed by atoms with Crippen molar-refractivity contribution < 1.29 is 14.3 Å². The van der Waals surface area contributed by atoms with Gasteiger partial charge in [-0.15, -0.1) is 11.8 Å². The van der Waals surface area contributed by atoms with E-state index in [4.69, 9.17) is 4.74 Å². The molecule has 0 radical (unpaired) electrons. The van der Waals surface area contributed by atoms with Crippen molar-refractivity contribution in [3.05, 3.63) is 48.5 Å². The van der Waals surface area contributed by atoms with E-state index in [2.05, 4.69) is 5.32 Å². The van der Waals surface area contributed by atoms with Crippen LogP contribution in [-0.4, -0.2) is 30.7 Å². The van der Waals surface area contributed by atoms with Crippen LogP contribution in [-0.2, 0) is 9.59 Å². The van der Waals surface area contributed by atoms with Gasteiger partial charge in [-0.3, -0.25) is 9.59 Å². The van der Waals surface area contributed by atoms with Crippen LogP contribution in [0.3, 0.4) is 0 Å². The highest BCUT2D eigenvalue weighted by Gasteiger charge is 2.27. The zero-order valence-corrected chi connectivity index (χ0v) is 15.0. The molecule has 2 amide bonds. The van der Waals surface area contributed by atoms with Crippen molar-refractivity contribution >= 4 is 35.0 Å². The van der Waals surface area contributed by atoms with Gasteiger partial charge < -0.3 is 15.0 Å². The maximum absolute atomic E-state index is 12.6. The Morgan fingerprint density at radius 3 is 2.76 bits per heavy atom. The monoisotopic (exact) mass is 356 g/mol. The molecule has 1 atom stereocenters. The summed E-state index contributed by atoms with van der Waals surface area (Å²) in [6, 6.07) is 14.9. The van der Waals surface area contributed by atoms with Crippen LogP contribution in [0.2, 0.25) is 0 Å². The molecule has 0 saturated carbocycles. The largest absolute Gasteiger partial charge is 0.495 e. The Morgan fingerprint density at radius 2 is 1.96 bits per heavy atom. The molecule has 0 fully saturated rings. The van der Waals surface area contributed by atoms with Crippen molar-refractivity contribution in [3.63, 3.8) is 0 Å². The third-order valence-corrected chi connectivity index (χ3v) is 5.10. The number of amides is 2. The van der Waals surface area contributed by atoms with E-state index in [9.17, 15) is 9.59 Å². The highest BCUT2D eigenvalue weighted by atomic mass is 32.2. The van der Waals surface area contributed by atoms with Gasteiger partial charge in [0.05, 0.1) is 18.5 Å². The quantitative estimate of drug-likeness (QED) is 0.910. The molecule has 0 spiro atoms. The van der Waals surface area contributed by atoms with E-state index in [0.29, 0.717) is 17.9 Å². The molecular weight excluding hydrogens is 336 g/mol. The molecule has 0 aromatic heterocycles. The van der Waals surface area contributed by atoms with Gasteiger partial charge in [0.2, 0.25) is 11.8 Å². The number of ether oxygens (including phenoxy) is 1. The number of anilines is 2. The summed E-state index contributed by atoms with van der Waals surface area (Å²) >= 11 is 1.66. The van der Waals surface area contributed by atoms with Gasteiger partial charge in [0.15, 0.2) is 0 Å². The fourth-order valence-electron chi connectivity index (χ4n) is 2.78. The average molecular weight is 356 g/mol. The van der Waals surface area contributed by atoms with Crippen molar-refractivity contribution in [1.82, 2.24) is 0 Å². The molecule has 1 aliphatic rings. The van der Waals surface area contributed by atoms with Crippen LogP contribution in [0.5, 0.6) is 5.75 Å². The molecule has 0 bridgehead atoms. The minimum Gasteiger partial charge on any atom is -0.495 e. The van der Waals surface area contributed by atoms with E-state index in [1.165, 1.54) is 0 Å². The van der Waals surface area contributed by atoms with Gasteiger partial charge in [-0.2, -0.15) is 0 Å². The SMILES string of the molecule is COc1ccccc1NC(=O)CN1C(=O)C[C@H](C)Sc2ccccc21. The molecule has 25 heavy (non-hydrogen) atoms. The lowest BCUT2D eigenvalue weighted by Gasteiger charge is -2.22. The average Bonchev–Trinajstić information content (AvgIpc) is 2.71. The summed E-state index contributed by atoms with van der Waals surface area (Å²) < 4.78 is 5.25. The zero-order chi connectivity index (χ0) is 17.8. The first kappa shape index (κ1) is 17.4. The van der Waals surface area contributed by atoms with Crippen LogP contribution in [0.4, 0.5) is 11.4 Å². The Labute approximate surface area is 151 Å². The topological polar surface area (TPSA) is 58.6 Å². The first-order chi connectivity index (χ1) is 12.1. The maximum Gasteiger partial charge on any atom is 0.244 e. The van der Waals surface area contributed by atoms with Gasteiger partial charge >= 0.3 is 0 Å². The molecule has 0 unspecified atom stereocenters. The van der Waals surface area contributed by atoms with Gasteiger partial charge in [-0.1, -0.05) is 31.2 Å². The van der Waals surface area contributed by atoms with E-state index in [1.807, 2.05) is 43.3 Å². The summed E-state index contributed by atoms with van der Waals surface area (Å²) in [5.74, 6) is 0.287. The lowest BCUT2D eigenvalue weighted by Crippen LogP contribution is -2.38. The van der Waals surface area contributed by atoms with Gasteiger partial charge in [0.25, 0.3) is 0 Å². The Hall–Kier alpha value is -2.47. The third-order valence-electron chi connectivity index (χ3n) is 3.93. The molecule has 2 aromatic carbocycles. The van der Waals surface area contributed by atoms with Crippen LogP contribution in [0.25, 0.3) is 0 Å².